The molecule has 2 aromatic carbocycles. The molecule has 5 heteroatoms. The molecule has 0 bridgehead atoms. The van der Waals surface area contributed by atoms with Crippen LogP contribution in [0.1, 0.15) is 22.3 Å². The van der Waals surface area contributed by atoms with Crippen LogP contribution in [-0.2, 0) is 10.0 Å². The van der Waals surface area contributed by atoms with Crippen molar-refractivity contribution in [3.63, 3.8) is 0 Å². The molecule has 0 aromatic heterocycles. The van der Waals surface area contributed by atoms with Crippen LogP contribution in [0.5, 0.6) is 5.75 Å². The standard InChI is InChI=1S/C18H23NO3S/c1-13-12-14(2)16(4)18(15(13)3)23(20,21)19-10-11-22-17-8-6-5-7-9-17/h5-9,12,19H,10-11H2,1-4H3. The van der Waals surface area contributed by atoms with Crippen molar-refractivity contribution in [3.05, 3.63) is 58.7 Å². The molecule has 4 nitrogen and oxygen atoms in total. The predicted octanol–water partition coefficient (Wildman–Crippen LogP) is 3.28. The highest BCUT2D eigenvalue weighted by Crippen LogP contribution is 2.25. The van der Waals surface area contributed by atoms with Crippen LogP contribution in [0.25, 0.3) is 0 Å². The van der Waals surface area contributed by atoms with E-state index in [0.29, 0.717) is 4.90 Å². The van der Waals surface area contributed by atoms with Gasteiger partial charge < -0.3 is 4.74 Å². The SMILES string of the molecule is Cc1cc(C)c(C)c(S(=O)(=O)NCCOc2ccccc2)c1C. The Balaban J connectivity index is 2.08. The predicted molar refractivity (Wildman–Crippen MR) is 92.5 cm³/mol. The lowest BCUT2D eigenvalue weighted by Gasteiger charge is -2.16. The third-order valence-corrected chi connectivity index (χ3v) is 5.71. The molecule has 0 aliphatic rings. The smallest absolute Gasteiger partial charge is 0.241 e. The van der Waals surface area contributed by atoms with Gasteiger partial charge in [-0.05, 0) is 62.1 Å². The summed E-state index contributed by atoms with van der Waals surface area (Å²) in [5.41, 5.74) is 3.55. The summed E-state index contributed by atoms with van der Waals surface area (Å²) >= 11 is 0. The number of para-hydroxylation sites is 1. The van der Waals surface area contributed by atoms with Crippen molar-refractivity contribution in [2.75, 3.05) is 13.2 Å². The summed E-state index contributed by atoms with van der Waals surface area (Å²) in [6, 6.07) is 11.4. The lowest BCUT2D eigenvalue weighted by atomic mass is 10.0. The fourth-order valence-electron chi connectivity index (χ4n) is 2.52. The first kappa shape index (κ1) is 17.5. The highest BCUT2D eigenvalue weighted by Gasteiger charge is 2.21. The first-order valence-electron chi connectivity index (χ1n) is 7.58. The Morgan fingerprint density at radius 2 is 1.52 bits per heavy atom. The van der Waals surface area contributed by atoms with Crippen molar-refractivity contribution < 1.29 is 13.2 Å². The van der Waals surface area contributed by atoms with Crippen LogP contribution in [0.4, 0.5) is 0 Å². The van der Waals surface area contributed by atoms with E-state index in [1.54, 1.807) is 0 Å². The van der Waals surface area contributed by atoms with E-state index >= 15 is 0 Å². The molecule has 0 atom stereocenters. The Labute approximate surface area is 138 Å². The summed E-state index contributed by atoms with van der Waals surface area (Å²) in [7, 11) is -3.55. The number of rotatable bonds is 6. The molecule has 0 radical (unpaired) electrons. The minimum atomic E-state index is -3.55. The molecule has 0 heterocycles. The maximum Gasteiger partial charge on any atom is 0.241 e. The van der Waals surface area contributed by atoms with E-state index in [1.807, 2.05) is 64.1 Å². The van der Waals surface area contributed by atoms with Gasteiger partial charge in [0.2, 0.25) is 10.0 Å². The summed E-state index contributed by atoms with van der Waals surface area (Å²) in [6.07, 6.45) is 0. The molecule has 0 saturated heterocycles. The monoisotopic (exact) mass is 333 g/mol. The van der Waals surface area contributed by atoms with E-state index in [2.05, 4.69) is 4.72 Å². The van der Waals surface area contributed by atoms with Crippen LogP contribution in [0, 0.1) is 27.7 Å². The van der Waals surface area contributed by atoms with Gasteiger partial charge in [0.05, 0.1) is 4.90 Å². The topological polar surface area (TPSA) is 55.4 Å². The number of hydrogen-bond donors (Lipinski definition) is 1. The van der Waals surface area contributed by atoms with Crippen LogP contribution in [0.2, 0.25) is 0 Å². The summed E-state index contributed by atoms with van der Waals surface area (Å²) in [5, 5.41) is 0. The van der Waals surface area contributed by atoms with Gasteiger partial charge >= 0.3 is 0 Å². The Morgan fingerprint density at radius 3 is 2.09 bits per heavy atom. The molecule has 0 fully saturated rings. The lowest BCUT2D eigenvalue weighted by Crippen LogP contribution is -2.29. The van der Waals surface area contributed by atoms with Gasteiger partial charge in [-0.15, -0.1) is 0 Å². The third kappa shape index (κ3) is 4.12. The Bertz CT molecular complexity index is 757. The largest absolute Gasteiger partial charge is 0.492 e. The Morgan fingerprint density at radius 1 is 0.957 bits per heavy atom. The van der Waals surface area contributed by atoms with Gasteiger partial charge in [-0.1, -0.05) is 24.3 Å². The molecule has 0 spiro atoms. The third-order valence-electron chi connectivity index (χ3n) is 3.97. The molecule has 2 rings (SSSR count). The van der Waals surface area contributed by atoms with Crippen LogP contribution in [-0.4, -0.2) is 21.6 Å². The molecule has 1 N–H and O–H groups in total. The zero-order chi connectivity index (χ0) is 17.0. The Hall–Kier alpha value is -1.85. The molecular formula is C18H23NO3S. The summed E-state index contributed by atoms with van der Waals surface area (Å²) in [5.74, 6) is 0.727. The highest BCUT2D eigenvalue weighted by molar-refractivity contribution is 7.89. The molecule has 2 aromatic rings. The lowest BCUT2D eigenvalue weighted by molar-refractivity contribution is 0.323. The van der Waals surface area contributed by atoms with E-state index in [4.69, 9.17) is 4.74 Å². The average molecular weight is 333 g/mol. The number of benzene rings is 2. The van der Waals surface area contributed by atoms with Crippen molar-refractivity contribution >= 4 is 10.0 Å². The van der Waals surface area contributed by atoms with Gasteiger partial charge in [-0.2, -0.15) is 0 Å². The van der Waals surface area contributed by atoms with E-state index in [0.717, 1.165) is 28.0 Å². The van der Waals surface area contributed by atoms with E-state index in [1.165, 1.54) is 0 Å². The number of sulfonamides is 1. The zero-order valence-electron chi connectivity index (χ0n) is 14.0. The van der Waals surface area contributed by atoms with Crippen molar-refractivity contribution in [2.24, 2.45) is 0 Å². The normalized spacial score (nSPS) is 11.5. The fraction of sp³-hybridized carbons (Fsp3) is 0.333. The first-order valence-corrected chi connectivity index (χ1v) is 9.06. The van der Waals surface area contributed by atoms with E-state index in [-0.39, 0.29) is 13.2 Å². The molecule has 124 valence electrons. The second kappa shape index (κ2) is 7.15. The zero-order valence-corrected chi connectivity index (χ0v) is 14.8. The maximum atomic E-state index is 12.6. The van der Waals surface area contributed by atoms with Gasteiger partial charge in [0, 0.05) is 6.54 Å². The van der Waals surface area contributed by atoms with E-state index in [9.17, 15) is 8.42 Å². The van der Waals surface area contributed by atoms with Gasteiger partial charge in [-0.3, -0.25) is 0 Å². The van der Waals surface area contributed by atoms with Crippen LogP contribution >= 0.6 is 0 Å². The molecule has 0 aliphatic heterocycles. The second-order valence-corrected chi connectivity index (χ2v) is 7.35. The van der Waals surface area contributed by atoms with Crippen LogP contribution in [0.15, 0.2) is 41.3 Å². The van der Waals surface area contributed by atoms with Gasteiger partial charge in [-0.25, -0.2) is 13.1 Å². The number of nitrogens with one attached hydrogen (secondary N) is 1. The van der Waals surface area contributed by atoms with E-state index < -0.39 is 10.0 Å². The van der Waals surface area contributed by atoms with Gasteiger partial charge in [0.1, 0.15) is 12.4 Å². The summed E-state index contributed by atoms with van der Waals surface area (Å²) in [4.78, 5) is 0.384. The molecule has 0 saturated carbocycles. The van der Waals surface area contributed by atoms with Crippen molar-refractivity contribution in [2.45, 2.75) is 32.6 Å². The van der Waals surface area contributed by atoms with Crippen molar-refractivity contribution in [1.29, 1.82) is 0 Å². The maximum absolute atomic E-state index is 12.6. The molecule has 0 amide bonds. The molecular weight excluding hydrogens is 310 g/mol. The Kier molecular flexibility index (Phi) is 5.44. The second-order valence-electron chi connectivity index (χ2n) is 5.65. The molecule has 0 aliphatic carbocycles. The average Bonchev–Trinajstić information content (AvgIpc) is 2.51. The molecule has 23 heavy (non-hydrogen) atoms. The fourth-order valence-corrected chi connectivity index (χ4v) is 4.14. The number of hydrogen-bond acceptors (Lipinski definition) is 3. The molecule has 0 unspecified atom stereocenters. The van der Waals surface area contributed by atoms with Crippen LogP contribution in [0.3, 0.4) is 0 Å². The quantitative estimate of drug-likeness (QED) is 0.826. The number of ether oxygens (including phenoxy) is 1. The number of aryl methyl sites for hydroxylation is 2. The van der Waals surface area contributed by atoms with Gasteiger partial charge in [0.25, 0.3) is 0 Å². The summed E-state index contributed by atoms with van der Waals surface area (Å²) in [6.45, 7) is 8.06. The van der Waals surface area contributed by atoms with Crippen molar-refractivity contribution in [1.82, 2.24) is 4.72 Å². The first-order chi connectivity index (χ1) is 10.8. The highest BCUT2D eigenvalue weighted by atomic mass is 32.2. The minimum absolute atomic E-state index is 0.225. The summed E-state index contributed by atoms with van der Waals surface area (Å²) < 4.78 is 33.4. The van der Waals surface area contributed by atoms with Gasteiger partial charge in [0.15, 0.2) is 0 Å². The van der Waals surface area contributed by atoms with Crippen LogP contribution < -0.4 is 9.46 Å². The minimum Gasteiger partial charge on any atom is -0.492 e. The van der Waals surface area contributed by atoms with Crippen molar-refractivity contribution in [3.8, 4) is 5.75 Å².